The van der Waals surface area contributed by atoms with E-state index in [0.29, 0.717) is 0 Å². The van der Waals surface area contributed by atoms with Gasteiger partial charge in [0.05, 0.1) is 0 Å². The molecule has 0 atom stereocenters. The number of halogens is 1. The summed E-state index contributed by atoms with van der Waals surface area (Å²) in [6, 6.07) is 15.0. The summed E-state index contributed by atoms with van der Waals surface area (Å²) in [6.45, 7) is 2.12. The van der Waals surface area contributed by atoms with Gasteiger partial charge in [-0.25, -0.2) is 18.6 Å². The van der Waals surface area contributed by atoms with Crippen molar-refractivity contribution < 1.29 is 33.3 Å². The number of benzene rings is 1. The summed E-state index contributed by atoms with van der Waals surface area (Å²) in [7, 11) is -4.94. The molecule has 0 radical (unpaired) electrons. The van der Waals surface area contributed by atoms with Crippen molar-refractivity contribution >= 4 is 16.3 Å². The fraction of sp³-hybridized carbons (Fsp3) is 0.0714. The molecule has 2 heterocycles. The zero-order valence-corrected chi connectivity index (χ0v) is 11.4. The Labute approximate surface area is 117 Å². The lowest BCUT2D eigenvalue weighted by atomic mass is 10.1. The van der Waals surface area contributed by atoms with Crippen molar-refractivity contribution in [2.24, 2.45) is 0 Å². The van der Waals surface area contributed by atoms with Crippen LogP contribution >= 0.6 is 0 Å². The van der Waals surface area contributed by atoms with E-state index in [2.05, 4.69) is 66.2 Å². The SMILES string of the molecule is Cc1cc[n+]2cc3ccccc3cc2c1.[O-][Cl+3]([O-])([O-])[O-]. The van der Waals surface area contributed by atoms with Gasteiger partial charge >= 0.3 is 0 Å². The van der Waals surface area contributed by atoms with E-state index >= 15 is 0 Å². The molecule has 0 N–H and O–H groups in total. The van der Waals surface area contributed by atoms with Crippen LogP contribution in [0.1, 0.15) is 5.56 Å². The highest BCUT2D eigenvalue weighted by Gasteiger charge is 2.04. The Balaban J connectivity index is 0.000000257. The second-order valence-electron chi connectivity index (χ2n) is 4.32. The lowest BCUT2D eigenvalue weighted by Crippen LogP contribution is -2.68. The van der Waals surface area contributed by atoms with Gasteiger partial charge in [-0.1, -0.05) is 18.2 Å². The van der Waals surface area contributed by atoms with Crippen LogP contribution in [0.2, 0.25) is 0 Å². The smallest absolute Gasteiger partial charge is 0.211 e. The van der Waals surface area contributed by atoms with E-state index in [9.17, 15) is 0 Å². The third kappa shape index (κ3) is 4.12. The number of hydrogen-bond acceptors (Lipinski definition) is 4. The number of rotatable bonds is 0. The van der Waals surface area contributed by atoms with E-state index in [4.69, 9.17) is 18.6 Å². The molecule has 6 heteroatoms. The van der Waals surface area contributed by atoms with E-state index in [0.717, 1.165) is 0 Å². The van der Waals surface area contributed by atoms with E-state index in [1.807, 2.05) is 0 Å². The van der Waals surface area contributed by atoms with Crippen molar-refractivity contribution in [2.45, 2.75) is 6.92 Å². The van der Waals surface area contributed by atoms with E-state index in [1.54, 1.807) is 0 Å². The first-order valence-electron chi connectivity index (χ1n) is 5.75. The maximum Gasteiger partial charge on any atom is 0.211 e. The van der Waals surface area contributed by atoms with Crippen LogP contribution in [0, 0.1) is 17.2 Å². The molecule has 104 valence electrons. The minimum absolute atomic E-state index is 1.24. The van der Waals surface area contributed by atoms with Gasteiger partial charge in [-0.15, -0.1) is 10.2 Å². The molecule has 0 saturated carbocycles. The molecule has 3 aromatic rings. The van der Waals surface area contributed by atoms with Crippen molar-refractivity contribution in [2.75, 3.05) is 0 Å². The summed E-state index contributed by atoms with van der Waals surface area (Å²) >= 11 is 0. The molecule has 1 aromatic carbocycles. The molecule has 3 rings (SSSR count). The van der Waals surface area contributed by atoms with Gasteiger partial charge in [0.25, 0.3) is 0 Å². The molecule has 0 saturated heterocycles. The molecular weight excluding hydrogens is 282 g/mol. The fourth-order valence-corrected chi connectivity index (χ4v) is 1.94. The van der Waals surface area contributed by atoms with Crippen molar-refractivity contribution in [3.8, 4) is 0 Å². The molecule has 0 amide bonds. The lowest BCUT2D eigenvalue weighted by Gasteiger charge is -2.17. The van der Waals surface area contributed by atoms with Gasteiger partial charge in [0.2, 0.25) is 5.52 Å². The van der Waals surface area contributed by atoms with Crippen molar-refractivity contribution in [1.82, 2.24) is 0 Å². The first-order chi connectivity index (χ1) is 9.33. The number of aryl methyl sites for hydroxylation is 1. The number of pyridine rings is 2. The summed E-state index contributed by atoms with van der Waals surface area (Å²) in [6.07, 6.45) is 4.28. The fourth-order valence-electron chi connectivity index (χ4n) is 1.94. The van der Waals surface area contributed by atoms with Crippen LogP contribution in [0.15, 0.2) is 54.9 Å². The van der Waals surface area contributed by atoms with Gasteiger partial charge in [-0.3, -0.25) is 0 Å². The zero-order chi connectivity index (χ0) is 14.8. The van der Waals surface area contributed by atoms with Crippen molar-refractivity contribution in [3.63, 3.8) is 0 Å². The molecule has 5 nitrogen and oxygen atoms in total. The zero-order valence-electron chi connectivity index (χ0n) is 10.7. The first kappa shape index (κ1) is 14.6. The highest BCUT2D eigenvalue weighted by molar-refractivity contribution is 5.83. The molecule has 0 fully saturated rings. The maximum absolute atomic E-state index is 8.49. The Hall–Kier alpha value is -1.76. The molecule has 0 aliphatic carbocycles. The van der Waals surface area contributed by atoms with E-state index < -0.39 is 10.2 Å². The molecular formula is C14H12ClNO4. The van der Waals surface area contributed by atoms with Gasteiger partial charge in [0, 0.05) is 23.6 Å². The summed E-state index contributed by atoms with van der Waals surface area (Å²) in [5.41, 5.74) is 2.54. The molecule has 20 heavy (non-hydrogen) atoms. The highest BCUT2D eigenvalue weighted by Crippen LogP contribution is 2.13. The second kappa shape index (κ2) is 5.70. The van der Waals surface area contributed by atoms with Crippen LogP contribution in [0.25, 0.3) is 16.3 Å². The first-order valence-corrected chi connectivity index (χ1v) is 6.98. The van der Waals surface area contributed by atoms with Crippen molar-refractivity contribution in [1.29, 1.82) is 0 Å². The third-order valence-electron chi connectivity index (χ3n) is 2.75. The average molecular weight is 294 g/mol. The Bertz CT molecular complexity index is 734. The van der Waals surface area contributed by atoms with Gasteiger partial charge in [0.15, 0.2) is 12.4 Å². The second-order valence-corrected chi connectivity index (χ2v) is 5.07. The van der Waals surface area contributed by atoms with Crippen molar-refractivity contribution in [3.05, 3.63) is 60.4 Å². The topological polar surface area (TPSA) is 96.3 Å². The minimum Gasteiger partial charge on any atom is -0.222 e. The molecule has 0 spiro atoms. The average Bonchev–Trinajstić information content (AvgIpc) is 2.34. The molecule has 2 aromatic heterocycles. The number of hydrogen-bond donors (Lipinski definition) is 0. The quantitative estimate of drug-likeness (QED) is 0.358. The van der Waals surface area contributed by atoms with Crippen LogP contribution < -0.4 is 23.0 Å². The largest absolute Gasteiger partial charge is 0.222 e. The predicted molar refractivity (Wildman–Crippen MR) is 61.8 cm³/mol. The summed E-state index contributed by atoms with van der Waals surface area (Å²) in [5, 5.41) is 2.57. The maximum atomic E-state index is 8.49. The van der Waals surface area contributed by atoms with Crippen LogP contribution in [0.4, 0.5) is 0 Å². The summed E-state index contributed by atoms with van der Waals surface area (Å²) < 4.78 is 36.1. The third-order valence-corrected chi connectivity index (χ3v) is 2.75. The van der Waals surface area contributed by atoms with Gasteiger partial charge in [-0.2, -0.15) is 4.40 Å². The van der Waals surface area contributed by atoms with Gasteiger partial charge < -0.3 is 0 Å². The highest BCUT2D eigenvalue weighted by atomic mass is 35.7. The normalized spacial score (nSPS) is 11.2. The number of aromatic nitrogens is 1. The van der Waals surface area contributed by atoms with Gasteiger partial charge in [0.1, 0.15) is 0 Å². The monoisotopic (exact) mass is 293 g/mol. The summed E-state index contributed by atoms with van der Waals surface area (Å²) in [4.78, 5) is 0. The number of nitrogens with zero attached hydrogens (tertiary/aromatic N) is 1. The Kier molecular flexibility index (Phi) is 4.17. The van der Waals surface area contributed by atoms with E-state index in [-0.39, 0.29) is 0 Å². The Morgan fingerprint density at radius 1 is 0.900 bits per heavy atom. The van der Waals surface area contributed by atoms with Crippen LogP contribution in [0.5, 0.6) is 0 Å². The standard InChI is InChI=1S/C14H12N.ClHO4/c1-11-6-7-15-10-13-5-3-2-4-12(13)9-14(15)8-11;2-1(3,4)5/h2-10H,1H3;(H,2,3,4,5)/q+1;/p-1. The summed E-state index contributed by atoms with van der Waals surface area (Å²) in [5.74, 6) is 0. The van der Waals surface area contributed by atoms with E-state index in [1.165, 1.54) is 21.9 Å². The predicted octanol–water partition coefficient (Wildman–Crippen LogP) is -1.87. The molecule has 0 bridgehead atoms. The molecule has 0 aliphatic rings. The lowest BCUT2D eigenvalue weighted by molar-refractivity contribution is -2.00. The Morgan fingerprint density at radius 2 is 1.50 bits per heavy atom. The minimum atomic E-state index is -4.94. The molecule has 0 unspecified atom stereocenters. The Morgan fingerprint density at radius 3 is 2.15 bits per heavy atom. The van der Waals surface area contributed by atoms with Crippen LogP contribution in [0.3, 0.4) is 0 Å². The number of fused-ring (bicyclic) bond motifs is 2. The van der Waals surface area contributed by atoms with Crippen LogP contribution in [-0.2, 0) is 0 Å². The molecule has 0 aliphatic heterocycles. The van der Waals surface area contributed by atoms with Gasteiger partial charge in [-0.05, 0) is 23.9 Å². The van der Waals surface area contributed by atoms with Crippen LogP contribution in [-0.4, -0.2) is 0 Å².